The summed E-state index contributed by atoms with van der Waals surface area (Å²) in [5.74, 6) is -0.917. The van der Waals surface area contributed by atoms with E-state index in [0.717, 1.165) is 128 Å². The first-order valence-corrected chi connectivity index (χ1v) is 30.7. The van der Waals surface area contributed by atoms with Crippen LogP contribution in [0.4, 0.5) is 0 Å². The number of unbranched alkanes of at least 4 members (excludes halogenated alkanes) is 28. The molecule has 0 rings (SSSR count). The summed E-state index contributed by atoms with van der Waals surface area (Å²) in [6.45, 7) is 6.50. The molecule has 0 saturated heterocycles. The minimum Gasteiger partial charge on any atom is -0.462 e. The predicted molar refractivity (Wildman–Crippen MR) is 316 cm³/mol. The third kappa shape index (κ3) is 59.1. The van der Waals surface area contributed by atoms with Crippen LogP contribution in [0.15, 0.2) is 97.2 Å². The van der Waals surface area contributed by atoms with E-state index in [0.29, 0.717) is 19.3 Å². The minimum atomic E-state index is -0.795. The fourth-order valence-electron chi connectivity index (χ4n) is 8.44. The summed E-state index contributed by atoms with van der Waals surface area (Å²) in [4.78, 5) is 38.3. The molecule has 0 spiro atoms. The predicted octanol–water partition coefficient (Wildman–Crippen LogP) is 20.9. The van der Waals surface area contributed by atoms with Gasteiger partial charge in [-0.1, -0.05) is 246 Å². The molecule has 0 bridgehead atoms. The van der Waals surface area contributed by atoms with Gasteiger partial charge < -0.3 is 14.2 Å². The van der Waals surface area contributed by atoms with Crippen LogP contribution in [0.25, 0.3) is 0 Å². The van der Waals surface area contributed by atoms with E-state index in [4.69, 9.17) is 14.2 Å². The molecule has 0 heterocycles. The molecule has 0 aromatic heterocycles. The fraction of sp³-hybridized carbons (Fsp3) is 0.716. The largest absolute Gasteiger partial charge is 0.462 e. The summed E-state index contributed by atoms with van der Waals surface area (Å²) in [7, 11) is 0. The zero-order chi connectivity index (χ0) is 52.9. The highest BCUT2D eigenvalue weighted by atomic mass is 16.6. The molecule has 0 radical (unpaired) electrons. The van der Waals surface area contributed by atoms with Crippen LogP contribution in [0.3, 0.4) is 0 Å². The van der Waals surface area contributed by atoms with Gasteiger partial charge in [-0.15, -0.1) is 0 Å². The number of rotatable bonds is 55. The van der Waals surface area contributed by atoms with Gasteiger partial charge in [0.2, 0.25) is 0 Å². The molecule has 0 fully saturated rings. The molecule has 1 atom stereocenters. The number of carbonyl (C=O) groups is 3. The molecule has 418 valence electrons. The van der Waals surface area contributed by atoms with Gasteiger partial charge in [-0.2, -0.15) is 0 Å². The standard InChI is InChI=1S/C67H114O6/c1-4-7-10-13-16-19-22-25-28-31-32-33-34-35-36-37-40-42-45-48-51-54-57-60-66(69)72-63-64(73-67(70)61-58-55-52-49-46-43-39-30-27-24-21-18-15-12-9-6-3)62-71-65(68)59-56-53-50-47-44-41-38-29-26-23-20-17-14-11-8-5-2/h7,10,16,19,21,24-25,28-30,32-33,35-36,38-39,64H,4-6,8-9,11-15,17-18,20,22-23,26-27,31,34,37,40-63H2,1-3H3/b10-7-,19-16-,24-21-,28-25-,33-32-,36-35-,38-29-,39-30-. The Kier molecular flexibility index (Phi) is 57.8. The maximum atomic E-state index is 12.9. The second kappa shape index (κ2) is 60.9. The van der Waals surface area contributed by atoms with E-state index in [1.807, 2.05) is 0 Å². The first kappa shape index (κ1) is 69.3. The molecule has 6 nitrogen and oxygen atoms in total. The van der Waals surface area contributed by atoms with Crippen LogP contribution in [0.1, 0.15) is 290 Å². The molecule has 0 aliphatic heterocycles. The normalized spacial score (nSPS) is 12.8. The van der Waals surface area contributed by atoms with Gasteiger partial charge in [0.05, 0.1) is 0 Å². The lowest BCUT2D eigenvalue weighted by molar-refractivity contribution is -0.167. The summed E-state index contributed by atoms with van der Waals surface area (Å²) in [5, 5.41) is 0. The lowest BCUT2D eigenvalue weighted by atomic mass is 10.1. The smallest absolute Gasteiger partial charge is 0.306 e. The Hall–Kier alpha value is -3.67. The average molecular weight is 1020 g/mol. The first-order valence-electron chi connectivity index (χ1n) is 30.7. The summed E-state index contributed by atoms with van der Waals surface area (Å²) in [6, 6.07) is 0. The van der Waals surface area contributed by atoms with Crippen LogP contribution in [-0.4, -0.2) is 37.2 Å². The van der Waals surface area contributed by atoms with Gasteiger partial charge in [-0.3, -0.25) is 14.4 Å². The number of ether oxygens (including phenoxy) is 3. The average Bonchev–Trinajstić information content (AvgIpc) is 3.39. The summed E-state index contributed by atoms with van der Waals surface area (Å²) in [5.41, 5.74) is 0. The van der Waals surface area contributed by atoms with Crippen LogP contribution >= 0.6 is 0 Å². The molecule has 0 aromatic carbocycles. The van der Waals surface area contributed by atoms with Crippen molar-refractivity contribution >= 4 is 17.9 Å². The minimum absolute atomic E-state index is 0.0909. The number of hydrogen-bond acceptors (Lipinski definition) is 6. The number of carbonyl (C=O) groups excluding carboxylic acids is 3. The van der Waals surface area contributed by atoms with Gasteiger partial charge in [0.1, 0.15) is 13.2 Å². The van der Waals surface area contributed by atoms with Crippen molar-refractivity contribution in [3.05, 3.63) is 97.2 Å². The number of esters is 3. The Morgan fingerprint density at radius 2 is 0.534 bits per heavy atom. The Morgan fingerprint density at radius 3 is 0.863 bits per heavy atom. The van der Waals surface area contributed by atoms with E-state index < -0.39 is 6.10 Å². The van der Waals surface area contributed by atoms with E-state index in [1.54, 1.807) is 0 Å². The molecule has 0 aliphatic rings. The van der Waals surface area contributed by atoms with E-state index in [1.165, 1.54) is 122 Å². The molecule has 6 heteroatoms. The van der Waals surface area contributed by atoms with E-state index >= 15 is 0 Å². The molecular weight excluding hydrogens is 901 g/mol. The van der Waals surface area contributed by atoms with Gasteiger partial charge in [0.15, 0.2) is 6.10 Å². The van der Waals surface area contributed by atoms with Gasteiger partial charge >= 0.3 is 17.9 Å². The topological polar surface area (TPSA) is 78.9 Å². The van der Waals surface area contributed by atoms with Gasteiger partial charge in [0, 0.05) is 19.3 Å². The van der Waals surface area contributed by atoms with Gasteiger partial charge in [-0.05, 0) is 122 Å². The summed E-state index contributed by atoms with van der Waals surface area (Å²) in [6.07, 6.45) is 81.1. The summed E-state index contributed by atoms with van der Waals surface area (Å²) >= 11 is 0. The Labute approximate surface area is 451 Å². The lowest BCUT2D eigenvalue weighted by Gasteiger charge is -2.18. The third-order valence-electron chi connectivity index (χ3n) is 13.0. The summed E-state index contributed by atoms with van der Waals surface area (Å²) < 4.78 is 16.9. The third-order valence-corrected chi connectivity index (χ3v) is 13.0. The highest BCUT2D eigenvalue weighted by Crippen LogP contribution is 2.15. The van der Waals surface area contributed by atoms with Crippen molar-refractivity contribution in [2.75, 3.05) is 13.2 Å². The van der Waals surface area contributed by atoms with Crippen LogP contribution in [0.2, 0.25) is 0 Å². The molecule has 73 heavy (non-hydrogen) atoms. The van der Waals surface area contributed by atoms with Crippen molar-refractivity contribution in [2.45, 2.75) is 297 Å². The van der Waals surface area contributed by atoms with Crippen molar-refractivity contribution in [2.24, 2.45) is 0 Å². The quantitative estimate of drug-likeness (QED) is 0.0261. The lowest BCUT2D eigenvalue weighted by Crippen LogP contribution is -2.30. The molecule has 0 aromatic rings. The first-order chi connectivity index (χ1) is 36.0. The second-order valence-electron chi connectivity index (χ2n) is 20.2. The van der Waals surface area contributed by atoms with Gasteiger partial charge in [-0.25, -0.2) is 0 Å². The van der Waals surface area contributed by atoms with Crippen LogP contribution < -0.4 is 0 Å². The number of allylic oxidation sites excluding steroid dienone is 16. The highest BCUT2D eigenvalue weighted by Gasteiger charge is 2.19. The highest BCUT2D eigenvalue weighted by molar-refractivity contribution is 5.71. The van der Waals surface area contributed by atoms with Crippen molar-refractivity contribution in [1.29, 1.82) is 0 Å². The van der Waals surface area contributed by atoms with E-state index in [-0.39, 0.29) is 31.1 Å². The SMILES string of the molecule is CC/C=C\C/C=C\C/C=C\C/C=C\C/C=C\CCCCCCCCCC(=O)OCC(COC(=O)CCCCCCC/C=C\CCCCCCCCC)OC(=O)CCCCCCC/C=C\C/C=C\CCCCCC. The molecule has 0 aliphatic carbocycles. The maximum absolute atomic E-state index is 12.9. The maximum Gasteiger partial charge on any atom is 0.306 e. The fourth-order valence-corrected chi connectivity index (χ4v) is 8.44. The van der Waals surface area contributed by atoms with Crippen LogP contribution in [0.5, 0.6) is 0 Å². The number of hydrogen-bond donors (Lipinski definition) is 0. The van der Waals surface area contributed by atoms with Crippen LogP contribution in [-0.2, 0) is 28.6 Å². The monoisotopic (exact) mass is 1010 g/mol. The van der Waals surface area contributed by atoms with Crippen molar-refractivity contribution in [3.63, 3.8) is 0 Å². The van der Waals surface area contributed by atoms with Crippen LogP contribution in [0, 0.1) is 0 Å². The molecule has 0 saturated carbocycles. The Bertz CT molecular complexity index is 1440. The van der Waals surface area contributed by atoms with Gasteiger partial charge in [0.25, 0.3) is 0 Å². The molecule has 1 unspecified atom stereocenters. The zero-order valence-corrected chi connectivity index (χ0v) is 47.9. The van der Waals surface area contributed by atoms with Crippen molar-refractivity contribution in [1.82, 2.24) is 0 Å². The molecule has 0 amide bonds. The van der Waals surface area contributed by atoms with Crippen molar-refractivity contribution in [3.8, 4) is 0 Å². The van der Waals surface area contributed by atoms with E-state index in [9.17, 15) is 14.4 Å². The molecular formula is C67H114O6. The van der Waals surface area contributed by atoms with E-state index in [2.05, 4.69) is 118 Å². The molecule has 0 N–H and O–H groups in total. The zero-order valence-electron chi connectivity index (χ0n) is 47.9. The second-order valence-corrected chi connectivity index (χ2v) is 20.2. The Balaban J connectivity index is 4.42. The van der Waals surface area contributed by atoms with Crippen molar-refractivity contribution < 1.29 is 28.6 Å². The Morgan fingerprint density at radius 1 is 0.288 bits per heavy atom.